The Morgan fingerprint density at radius 1 is 1.27 bits per heavy atom. The summed E-state index contributed by atoms with van der Waals surface area (Å²) in [5.41, 5.74) is 1.26. The molecule has 3 heterocycles. The fourth-order valence-corrected chi connectivity index (χ4v) is 4.98. The number of aromatic nitrogens is 3. The summed E-state index contributed by atoms with van der Waals surface area (Å²) in [7, 11) is 0. The topological polar surface area (TPSA) is 63.1 Å². The molecule has 7 heteroatoms. The van der Waals surface area contributed by atoms with Crippen LogP contribution in [-0.4, -0.2) is 33.9 Å². The average molecular weight is 374 g/mol. The maximum atomic E-state index is 12.0. The summed E-state index contributed by atoms with van der Waals surface area (Å²) in [5.74, 6) is 0.909. The molecule has 2 aromatic heterocycles. The van der Waals surface area contributed by atoms with Crippen molar-refractivity contribution in [3.63, 3.8) is 0 Å². The van der Waals surface area contributed by atoms with Crippen LogP contribution in [0.5, 0.6) is 0 Å². The third-order valence-corrected chi connectivity index (χ3v) is 6.42. The second-order valence-corrected chi connectivity index (χ2v) is 8.62. The van der Waals surface area contributed by atoms with Crippen molar-refractivity contribution in [3.05, 3.63) is 33.1 Å². The van der Waals surface area contributed by atoms with Crippen LogP contribution in [0.2, 0.25) is 0 Å². The molecule has 2 aliphatic rings. The van der Waals surface area contributed by atoms with Crippen LogP contribution in [0.25, 0.3) is 0 Å². The molecule has 0 aromatic carbocycles. The van der Waals surface area contributed by atoms with Gasteiger partial charge in [0.05, 0.1) is 11.7 Å². The molecule has 1 N–H and O–H groups in total. The lowest BCUT2D eigenvalue weighted by atomic mass is 10.0. The van der Waals surface area contributed by atoms with Gasteiger partial charge in [0.25, 0.3) is 5.56 Å². The molecule has 0 spiro atoms. The van der Waals surface area contributed by atoms with E-state index in [1.807, 2.05) is 31.3 Å². The standard InChI is InChI=1S/C19H27N5OS/c1-13(2)24-18(25)10-9-17(22-24)23-11-4-3-6-14(23)12-20-19-21-15-7-5-8-16(15)26-19/h9-10,13-14H,3-8,11-12H2,1-2H3,(H,20,21). The lowest BCUT2D eigenvalue weighted by molar-refractivity contribution is 0.451. The largest absolute Gasteiger partial charge is 0.359 e. The van der Waals surface area contributed by atoms with Crippen molar-refractivity contribution in [2.45, 2.75) is 64.5 Å². The van der Waals surface area contributed by atoms with E-state index in [9.17, 15) is 4.79 Å². The zero-order valence-corrected chi connectivity index (χ0v) is 16.4. The Hall–Kier alpha value is -1.89. The minimum Gasteiger partial charge on any atom is -0.359 e. The highest BCUT2D eigenvalue weighted by molar-refractivity contribution is 7.15. The van der Waals surface area contributed by atoms with Gasteiger partial charge in [-0.05, 0) is 58.4 Å². The molecular formula is C19H27N5OS. The van der Waals surface area contributed by atoms with Crippen molar-refractivity contribution in [2.24, 2.45) is 0 Å². The minimum atomic E-state index is -0.0345. The first-order chi connectivity index (χ1) is 12.6. The van der Waals surface area contributed by atoms with Gasteiger partial charge in [-0.25, -0.2) is 9.67 Å². The number of fused-ring (bicyclic) bond motifs is 1. The number of aryl methyl sites for hydroxylation is 2. The van der Waals surface area contributed by atoms with Crippen molar-refractivity contribution in [1.82, 2.24) is 14.8 Å². The summed E-state index contributed by atoms with van der Waals surface area (Å²) < 4.78 is 1.58. The van der Waals surface area contributed by atoms with Crippen LogP contribution in [0.3, 0.4) is 0 Å². The minimum absolute atomic E-state index is 0.0345. The zero-order valence-electron chi connectivity index (χ0n) is 15.6. The number of piperidine rings is 1. The second kappa shape index (κ2) is 7.39. The summed E-state index contributed by atoms with van der Waals surface area (Å²) in [6.07, 6.45) is 7.11. The van der Waals surface area contributed by atoms with Crippen molar-refractivity contribution >= 4 is 22.3 Å². The Labute approximate surface area is 158 Å². The predicted molar refractivity (Wildman–Crippen MR) is 106 cm³/mol. The zero-order chi connectivity index (χ0) is 18.1. The average Bonchev–Trinajstić information content (AvgIpc) is 3.22. The number of hydrogen-bond donors (Lipinski definition) is 1. The highest BCUT2D eigenvalue weighted by atomic mass is 32.1. The Morgan fingerprint density at radius 3 is 2.96 bits per heavy atom. The molecular weight excluding hydrogens is 346 g/mol. The summed E-state index contributed by atoms with van der Waals surface area (Å²) in [6, 6.07) is 3.97. The maximum Gasteiger partial charge on any atom is 0.267 e. The van der Waals surface area contributed by atoms with Crippen molar-refractivity contribution in [3.8, 4) is 0 Å². The van der Waals surface area contributed by atoms with Crippen LogP contribution < -0.4 is 15.8 Å². The van der Waals surface area contributed by atoms with Gasteiger partial charge in [0, 0.05) is 30.1 Å². The second-order valence-electron chi connectivity index (χ2n) is 7.53. The van der Waals surface area contributed by atoms with Crippen LogP contribution in [0, 0.1) is 0 Å². The van der Waals surface area contributed by atoms with Crippen molar-refractivity contribution < 1.29 is 0 Å². The van der Waals surface area contributed by atoms with Gasteiger partial charge < -0.3 is 10.2 Å². The lowest BCUT2D eigenvalue weighted by Gasteiger charge is -2.36. The van der Waals surface area contributed by atoms with Gasteiger partial charge in [0.1, 0.15) is 5.82 Å². The Morgan fingerprint density at radius 2 is 2.15 bits per heavy atom. The summed E-state index contributed by atoms with van der Waals surface area (Å²) >= 11 is 1.81. The van der Waals surface area contributed by atoms with E-state index in [0.717, 1.165) is 36.9 Å². The fraction of sp³-hybridized carbons (Fsp3) is 0.632. The molecule has 1 unspecified atom stereocenters. The van der Waals surface area contributed by atoms with E-state index in [1.165, 1.54) is 36.3 Å². The van der Waals surface area contributed by atoms with E-state index in [2.05, 4.69) is 15.3 Å². The Balaban J connectivity index is 1.49. The fourth-order valence-electron chi connectivity index (χ4n) is 3.92. The quantitative estimate of drug-likeness (QED) is 0.872. The van der Waals surface area contributed by atoms with E-state index < -0.39 is 0 Å². The summed E-state index contributed by atoms with van der Waals surface area (Å²) in [5, 5.41) is 9.25. The SMILES string of the molecule is CC(C)n1nc(N2CCCCC2CNc2nc3c(s2)CCC3)ccc1=O. The number of thiazole rings is 1. The molecule has 1 fully saturated rings. The molecule has 1 atom stereocenters. The predicted octanol–water partition coefficient (Wildman–Crippen LogP) is 3.24. The molecule has 1 aliphatic carbocycles. The Bertz CT molecular complexity index is 806. The monoisotopic (exact) mass is 373 g/mol. The molecule has 4 rings (SSSR count). The van der Waals surface area contributed by atoms with E-state index in [0.29, 0.717) is 6.04 Å². The first-order valence-electron chi connectivity index (χ1n) is 9.71. The number of rotatable bonds is 5. The molecule has 0 bridgehead atoms. The number of nitrogens with one attached hydrogen (secondary N) is 1. The van der Waals surface area contributed by atoms with Gasteiger partial charge in [-0.2, -0.15) is 5.10 Å². The third kappa shape index (κ3) is 3.49. The van der Waals surface area contributed by atoms with Gasteiger partial charge in [-0.3, -0.25) is 4.79 Å². The summed E-state index contributed by atoms with van der Waals surface area (Å²) in [4.78, 5) is 20.6. The van der Waals surface area contributed by atoms with Crippen LogP contribution in [0.4, 0.5) is 10.9 Å². The molecule has 1 aliphatic heterocycles. The van der Waals surface area contributed by atoms with Crippen molar-refractivity contribution in [2.75, 3.05) is 23.3 Å². The third-order valence-electron chi connectivity index (χ3n) is 5.31. The smallest absolute Gasteiger partial charge is 0.267 e. The van der Waals surface area contributed by atoms with Crippen LogP contribution in [0.15, 0.2) is 16.9 Å². The molecule has 26 heavy (non-hydrogen) atoms. The van der Waals surface area contributed by atoms with Crippen LogP contribution in [0.1, 0.15) is 56.1 Å². The molecule has 0 saturated carbocycles. The summed E-state index contributed by atoms with van der Waals surface area (Å²) in [6.45, 7) is 5.85. The van der Waals surface area contributed by atoms with Gasteiger partial charge >= 0.3 is 0 Å². The van der Waals surface area contributed by atoms with E-state index >= 15 is 0 Å². The van der Waals surface area contributed by atoms with Gasteiger partial charge in [-0.1, -0.05) is 0 Å². The molecule has 2 aromatic rings. The first kappa shape index (κ1) is 17.5. The highest BCUT2D eigenvalue weighted by Crippen LogP contribution is 2.31. The lowest BCUT2D eigenvalue weighted by Crippen LogP contribution is -2.45. The van der Waals surface area contributed by atoms with Crippen LogP contribution in [-0.2, 0) is 12.8 Å². The number of nitrogens with zero attached hydrogens (tertiary/aromatic N) is 4. The molecule has 0 amide bonds. The number of anilines is 2. The highest BCUT2D eigenvalue weighted by Gasteiger charge is 2.25. The maximum absolute atomic E-state index is 12.0. The number of hydrogen-bond acceptors (Lipinski definition) is 6. The van der Waals surface area contributed by atoms with Gasteiger partial charge in [-0.15, -0.1) is 11.3 Å². The van der Waals surface area contributed by atoms with Gasteiger partial charge in [0.2, 0.25) is 0 Å². The molecule has 140 valence electrons. The Kier molecular flexibility index (Phi) is 4.98. The molecule has 1 saturated heterocycles. The van der Waals surface area contributed by atoms with E-state index in [1.54, 1.807) is 10.7 Å². The first-order valence-corrected chi connectivity index (χ1v) is 10.5. The van der Waals surface area contributed by atoms with Gasteiger partial charge in [0.15, 0.2) is 5.13 Å². The molecule has 0 radical (unpaired) electrons. The van der Waals surface area contributed by atoms with E-state index in [-0.39, 0.29) is 11.6 Å². The van der Waals surface area contributed by atoms with Crippen LogP contribution >= 0.6 is 11.3 Å². The molecule has 6 nitrogen and oxygen atoms in total. The van der Waals surface area contributed by atoms with E-state index in [4.69, 9.17) is 4.98 Å². The van der Waals surface area contributed by atoms with Crippen molar-refractivity contribution in [1.29, 1.82) is 0 Å². The normalized spacial score (nSPS) is 19.8.